The molecule has 0 unspecified atom stereocenters. The van der Waals surface area contributed by atoms with Gasteiger partial charge in [-0.15, -0.1) is 0 Å². The van der Waals surface area contributed by atoms with Crippen LogP contribution in [-0.2, 0) is 5.41 Å². The van der Waals surface area contributed by atoms with Crippen LogP contribution in [0, 0.1) is 0 Å². The van der Waals surface area contributed by atoms with Crippen LogP contribution in [-0.4, -0.2) is 19.6 Å². The zero-order valence-electron chi connectivity index (χ0n) is 20.2. The van der Waals surface area contributed by atoms with Gasteiger partial charge in [0.15, 0.2) is 0 Å². The van der Waals surface area contributed by atoms with Crippen LogP contribution in [0.3, 0.4) is 0 Å². The van der Waals surface area contributed by atoms with E-state index in [0.717, 1.165) is 46.0 Å². The van der Waals surface area contributed by atoms with E-state index in [1.54, 1.807) is 0 Å². The van der Waals surface area contributed by atoms with Crippen molar-refractivity contribution in [1.82, 2.24) is 19.6 Å². The Morgan fingerprint density at radius 1 is 0.528 bits per heavy atom. The van der Waals surface area contributed by atoms with Gasteiger partial charge >= 0.3 is 0 Å². The molecule has 0 atom stereocenters. The van der Waals surface area contributed by atoms with Crippen molar-refractivity contribution in [2.45, 2.75) is 37.5 Å². The van der Waals surface area contributed by atoms with E-state index in [9.17, 15) is 0 Å². The van der Waals surface area contributed by atoms with Gasteiger partial charge in [-0.1, -0.05) is 79.9 Å². The molecule has 1 aliphatic carbocycles. The van der Waals surface area contributed by atoms with Gasteiger partial charge in [0.1, 0.15) is 0 Å². The Morgan fingerprint density at radius 2 is 1.03 bits per heavy atom. The van der Waals surface area contributed by atoms with E-state index in [-0.39, 0.29) is 5.41 Å². The second-order valence-corrected chi connectivity index (χ2v) is 10.0. The van der Waals surface area contributed by atoms with Crippen LogP contribution in [0.2, 0.25) is 0 Å². The Kier molecular flexibility index (Phi) is 4.98. The lowest BCUT2D eigenvalue weighted by Gasteiger charge is -2.39. The summed E-state index contributed by atoms with van der Waals surface area (Å²) in [6.07, 6.45) is 10.4. The van der Waals surface area contributed by atoms with Crippen molar-refractivity contribution in [3.8, 4) is 11.4 Å². The summed E-state index contributed by atoms with van der Waals surface area (Å²) in [5.74, 6) is 0. The maximum atomic E-state index is 4.84. The van der Waals surface area contributed by atoms with E-state index in [4.69, 9.17) is 10.2 Å². The fraction of sp³-hybridized carbons (Fsp3) is 0.188. The molecule has 4 aromatic carbocycles. The van der Waals surface area contributed by atoms with Crippen LogP contribution >= 0.6 is 0 Å². The molecule has 2 heterocycles. The quantitative estimate of drug-likeness (QED) is 0.267. The summed E-state index contributed by atoms with van der Waals surface area (Å²) in [4.78, 5) is 0. The van der Waals surface area contributed by atoms with Crippen molar-refractivity contribution < 1.29 is 0 Å². The van der Waals surface area contributed by atoms with E-state index in [1.165, 1.54) is 30.4 Å². The molecule has 4 nitrogen and oxygen atoms in total. The Labute approximate surface area is 210 Å². The number of benzene rings is 4. The number of aromatic nitrogens is 4. The average molecular weight is 469 g/mol. The van der Waals surface area contributed by atoms with Crippen LogP contribution in [0.5, 0.6) is 0 Å². The summed E-state index contributed by atoms with van der Waals surface area (Å²) in [5, 5.41) is 12.0. The van der Waals surface area contributed by atoms with Gasteiger partial charge in [-0.25, -0.2) is 9.36 Å². The highest BCUT2D eigenvalue weighted by molar-refractivity contribution is 5.79. The minimum Gasteiger partial charge on any atom is -0.240 e. The van der Waals surface area contributed by atoms with Gasteiger partial charge in [0.25, 0.3) is 0 Å². The topological polar surface area (TPSA) is 35.6 Å². The van der Waals surface area contributed by atoms with Crippen LogP contribution in [0.1, 0.15) is 43.2 Å². The number of fused-ring (bicyclic) bond motifs is 2. The Morgan fingerprint density at radius 3 is 1.53 bits per heavy atom. The first-order valence-corrected chi connectivity index (χ1v) is 12.9. The third kappa shape index (κ3) is 3.53. The Hall–Kier alpha value is -4.18. The molecule has 0 radical (unpaired) electrons. The van der Waals surface area contributed by atoms with E-state index < -0.39 is 0 Å². The number of rotatable bonds is 4. The first-order chi connectivity index (χ1) is 17.8. The molecule has 0 spiro atoms. The zero-order valence-corrected chi connectivity index (χ0v) is 20.2. The molecule has 1 aliphatic rings. The van der Waals surface area contributed by atoms with Crippen LogP contribution in [0.25, 0.3) is 33.2 Å². The molecule has 7 rings (SSSR count). The Balaban J connectivity index is 1.33. The molecule has 2 aromatic heterocycles. The SMILES string of the molecule is c1cc(-n2cc3ccccc3n2)cc(C2(c3cccc(-n4cc5ccccc5n4)c3)CCCCC2)c1. The predicted octanol–water partition coefficient (Wildman–Crippen LogP) is 7.61. The smallest absolute Gasteiger partial charge is 0.0927 e. The summed E-state index contributed by atoms with van der Waals surface area (Å²) in [5.41, 5.74) is 7.02. The lowest BCUT2D eigenvalue weighted by molar-refractivity contribution is 0.346. The van der Waals surface area contributed by atoms with Gasteiger partial charge in [-0.2, -0.15) is 10.2 Å². The molecular formula is C32H28N4. The molecule has 176 valence electrons. The van der Waals surface area contributed by atoms with Crippen molar-refractivity contribution in [1.29, 1.82) is 0 Å². The maximum Gasteiger partial charge on any atom is 0.0927 e. The highest BCUT2D eigenvalue weighted by Crippen LogP contribution is 2.45. The van der Waals surface area contributed by atoms with Crippen LogP contribution in [0.15, 0.2) is 109 Å². The van der Waals surface area contributed by atoms with Crippen molar-refractivity contribution in [2.75, 3.05) is 0 Å². The molecule has 6 aromatic rings. The van der Waals surface area contributed by atoms with Crippen molar-refractivity contribution in [2.24, 2.45) is 0 Å². The van der Waals surface area contributed by atoms with Gasteiger partial charge in [-0.05, 0) is 60.4 Å². The molecule has 4 heteroatoms. The first-order valence-electron chi connectivity index (χ1n) is 12.9. The van der Waals surface area contributed by atoms with Gasteiger partial charge < -0.3 is 0 Å². The predicted molar refractivity (Wildman–Crippen MR) is 146 cm³/mol. The fourth-order valence-electron chi connectivity index (χ4n) is 5.98. The van der Waals surface area contributed by atoms with Gasteiger partial charge in [0.2, 0.25) is 0 Å². The zero-order chi connectivity index (χ0) is 24.0. The van der Waals surface area contributed by atoms with Crippen molar-refractivity contribution in [3.05, 3.63) is 121 Å². The largest absolute Gasteiger partial charge is 0.240 e. The molecule has 0 amide bonds. The van der Waals surface area contributed by atoms with Gasteiger partial charge in [0, 0.05) is 28.6 Å². The summed E-state index contributed by atoms with van der Waals surface area (Å²) in [6, 6.07) is 34.7. The summed E-state index contributed by atoms with van der Waals surface area (Å²) < 4.78 is 4.05. The monoisotopic (exact) mass is 468 g/mol. The van der Waals surface area contributed by atoms with E-state index in [2.05, 4.69) is 97.3 Å². The second-order valence-electron chi connectivity index (χ2n) is 10.0. The minimum absolute atomic E-state index is 0.0105. The van der Waals surface area contributed by atoms with Gasteiger partial charge in [0.05, 0.1) is 22.4 Å². The Bertz CT molecular complexity index is 1500. The number of nitrogens with zero attached hydrogens (tertiary/aromatic N) is 4. The van der Waals surface area contributed by atoms with E-state index in [1.807, 2.05) is 21.5 Å². The average Bonchev–Trinajstić information content (AvgIpc) is 3.58. The molecule has 1 fully saturated rings. The molecule has 36 heavy (non-hydrogen) atoms. The third-order valence-corrected chi connectivity index (χ3v) is 7.86. The number of hydrogen-bond acceptors (Lipinski definition) is 2. The second kappa shape index (κ2) is 8.49. The van der Waals surface area contributed by atoms with E-state index in [0.29, 0.717) is 0 Å². The minimum atomic E-state index is -0.0105. The molecule has 0 saturated heterocycles. The highest BCUT2D eigenvalue weighted by Gasteiger charge is 2.36. The van der Waals surface area contributed by atoms with E-state index >= 15 is 0 Å². The maximum absolute atomic E-state index is 4.84. The summed E-state index contributed by atoms with van der Waals surface area (Å²) in [6.45, 7) is 0. The molecule has 0 bridgehead atoms. The van der Waals surface area contributed by atoms with Gasteiger partial charge in [-0.3, -0.25) is 0 Å². The normalized spacial score (nSPS) is 15.4. The lowest BCUT2D eigenvalue weighted by atomic mass is 9.65. The standard InChI is InChI=1S/C32H28N4/c1-6-18-32(19-7-1,26-12-8-14-28(20-26)35-22-24-10-2-4-16-30(24)33-35)27-13-9-15-29(21-27)36-23-25-11-3-5-17-31(25)34-36/h2-5,8-17,20-23H,1,6-7,18-19H2. The fourth-order valence-corrected chi connectivity index (χ4v) is 5.98. The highest BCUT2D eigenvalue weighted by atomic mass is 15.3. The summed E-state index contributed by atoms with van der Waals surface area (Å²) >= 11 is 0. The molecule has 0 aliphatic heterocycles. The van der Waals surface area contributed by atoms with Crippen LogP contribution in [0.4, 0.5) is 0 Å². The summed E-state index contributed by atoms with van der Waals surface area (Å²) in [7, 11) is 0. The third-order valence-electron chi connectivity index (χ3n) is 7.86. The molecule has 0 N–H and O–H groups in total. The first kappa shape index (κ1) is 21.1. The molecule has 1 saturated carbocycles. The van der Waals surface area contributed by atoms with Crippen molar-refractivity contribution in [3.63, 3.8) is 0 Å². The lowest BCUT2D eigenvalue weighted by Crippen LogP contribution is -2.30. The van der Waals surface area contributed by atoms with Crippen molar-refractivity contribution >= 4 is 21.8 Å². The number of hydrogen-bond donors (Lipinski definition) is 0. The van der Waals surface area contributed by atoms with Crippen LogP contribution < -0.4 is 0 Å². The molecular weight excluding hydrogens is 440 g/mol.